The molecular weight excluding hydrogens is 520 g/mol. The highest BCUT2D eigenvalue weighted by atomic mass is 16.7. The van der Waals surface area contributed by atoms with Crippen LogP contribution >= 0.6 is 0 Å². The summed E-state index contributed by atoms with van der Waals surface area (Å²) in [6.45, 7) is 5.01. The second-order valence-corrected chi connectivity index (χ2v) is 9.10. The van der Waals surface area contributed by atoms with Crippen LogP contribution in [0.3, 0.4) is 0 Å². The monoisotopic (exact) mass is 560 g/mol. The molecule has 3 unspecified atom stereocenters. The summed E-state index contributed by atoms with van der Waals surface area (Å²) in [5.74, 6) is -3.47. The first kappa shape index (κ1) is 33.8. The first-order valence-electron chi connectivity index (χ1n) is 12.9. The van der Waals surface area contributed by atoms with E-state index in [9.17, 15) is 28.8 Å². The van der Waals surface area contributed by atoms with Gasteiger partial charge in [-0.3, -0.25) is 28.8 Å². The molecule has 222 valence electrons. The number of hydrogen-bond acceptors (Lipinski definition) is 11. The number of carbonyl (C=O) groups is 6. The van der Waals surface area contributed by atoms with E-state index in [-0.39, 0.29) is 32.0 Å². The Morgan fingerprint density at radius 3 is 2.03 bits per heavy atom. The fraction of sp³-hybridized carbons (Fsp3) is 0.760. The molecule has 0 spiro atoms. The Labute approximate surface area is 227 Å². The molecule has 0 aliphatic carbocycles. The van der Waals surface area contributed by atoms with Crippen LogP contribution in [0.4, 0.5) is 0 Å². The van der Waals surface area contributed by atoms with Crippen LogP contribution in [0, 0.1) is 0 Å². The van der Waals surface area contributed by atoms with E-state index in [1.807, 2.05) is 0 Å². The van der Waals surface area contributed by atoms with E-state index in [0.717, 1.165) is 13.8 Å². The average molecular weight is 561 g/mol. The number of carbonyl (C=O) groups excluding carboxylic acids is 5. The molecule has 14 heteroatoms. The molecule has 0 aromatic carbocycles. The van der Waals surface area contributed by atoms with E-state index in [2.05, 4.69) is 10.6 Å². The van der Waals surface area contributed by atoms with E-state index in [4.69, 9.17) is 28.8 Å². The number of unbranched alkanes of at least 4 members (excludes halogenated alkanes) is 3. The van der Waals surface area contributed by atoms with E-state index < -0.39 is 60.4 Å². The van der Waals surface area contributed by atoms with Crippen LogP contribution in [-0.4, -0.2) is 91.2 Å². The standard InChI is InChI=1S/C25H40N2O12/c1-15(28)27-22-24(38-18(4)31)23(37-17(3)30)19(14-36-16(2)29)39-25(22)35-13-9-7-10-20(32)26-12-8-5-6-11-21(33)34/h19,22-25H,5-14H2,1-4H3,(H,26,32)(H,27,28)(H,33,34)/t19?,22?,23-,24?,25+/m0/s1. The zero-order chi connectivity index (χ0) is 29.4. The van der Waals surface area contributed by atoms with Crippen molar-refractivity contribution in [3.63, 3.8) is 0 Å². The zero-order valence-corrected chi connectivity index (χ0v) is 22.9. The Hall–Kier alpha value is -3.26. The topological polar surface area (TPSA) is 193 Å². The quantitative estimate of drug-likeness (QED) is 0.128. The van der Waals surface area contributed by atoms with Crippen LogP contribution in [0.25, 0.3) is 0 Å². The van der Waals surface area contributed by atoms with E-state index in [0.29, 0.717) is 38.6 Å². The van der Waals surface area contributed by atoms with Gasteiger partial charge >= 0.3 is 23.9 Å². The number of rotatable bonds is 17. The third-order valence-electron chi connectivity index (χ3n) is 5.54. The van der Waals surface area contributed by atoms with Crippen molar-refractivity contribution in [3.05, 3.63) is 0 Å². The highest BCUT2D eigenvalue weighted by Crippen LogP contribution is 2.28. The smallest absolute Gasteiger partial charge is 0.303 e. The first-order valence-corrected chi connectivity index (χ1v) is 12.9. The SMILES string of the molecule is CC(=O)NC1C(OC(C)=O)[C@@H](OC(C)=O)C(COC(C)=O)O[C@H]1OCCCCC(=O)NCCCCCC(=O)O. The van der Waals surface area contributed by atoms with Gasteiger partial charge in [0, 0.05) is 53.7 Å². The maximum atomic E-state index is 12.0. The molecule has 2 amide bonds. The summed E-state index contributed by atoms with van der Waals surface area (Å²) >= 11 is 0. The number of ether oxygens (including phenoxy) is 5. The van der Waals surface area contributed by atoms with Gasteiger partial charge in [-0.1, -0.05) is 6.42 Å². The van der Waals surface area contributed by atoms with Crippen molar-refractivity contribution < 1.29 is 57.6 Å². The molecule has 3 N–H and O–H groups in total. The molecule has 14 nitrogen and oxygen atoms in total. The van der Waals surface area contributed by atoms with Crippen molar-refractivity contribution in [1.82, 2.24) is 10.6 Å². The molecule has 1 heterocycles. The van der Waals surface area contributed by atoms with Gasteiger partial charge in [0.25, 0.3) is 0 Å². The highest BCUT2D eigenvalue weighted by molar-refractivity contribution is 5.75. The minimum atomic E-state index is -1.20. The van der Waals surface area contributed by atoms with Crippen LogP contribution in [0.5, 0.6) is 0 Å². The van der Waals surface area contributed by atoms with Gasteiger partial charge in [-0.05, 0) is 25.7 Å². The molecule has 1 saturated heterocycles. The zero-order valence-electron chi connectivity index (χ0n) is 22.9. The Bertz CT molecular complexity index is 849. The number of aliphatic carboxylic acids is 1. The maximum absolute atomic E-state index is 12.0. The number of hydrogen-bond donors (Lipinski definition) is 3. The predicted molar refractivity (Wildman–Crippen MR) is 133 cm³/mol. The van der Waals surface area contributed by atoms with Crippen molar-refractivity contribution in [1.29, 1.82) is 0 Å². The molecule has 0 aromatic rings. The Morgan fingerprint density at radius 1 is 0.795 bits per heavy atom. The van der Waals surface area contributed by atoms with Crippen LogP contribution in [-0.2, 0) is 52.5 Å². The highest BCUT2D eigenvalue weighted by Gasteiger charge is 2.51. The maximum Gasteiger partial charge on any atom is 0.303 e. The molecule has 0 saturated carbocycles. The molecular formula is C25H40N2O12. The number of nitrogens with one attached hydrogen (secondary N) is 2. The summed E-state index contributed by atoms with van der Waals surface area (Å²) in [6, 6.07) is -1.05. The summed E-state index contributed by atoms with van der Waals surface area (Å²) in [5, 5.41) is 14.0. The normalized spacial score (nSPS) is 22.3. The van der Waals surface area contributed by atoms with Crippen molar-refractivity contribution >= 4 is 35.7 Å². The molecule has 1 aliphatic rings. The molecule has 1 fully saturated rings. The van der Waals surface area contributed by atoms with Crippen molar-refractivity contribution in [2.45, 2.75) is 103 Å². The Morgan fingerprint density at radius 2 is 1.44 bits per heavy atom. The number of carboxylic acid groups (broad SMARTS) is 1. The van der Waals surface area contributed by atoms with Crippen molar-refractivity contribution in [3.8, 4) is 0 Å². The number of esters is 3. The van der Waals surface area contributed by atoms with Gasteiger partial charge in [0.05, 0.1) is 0 Å². The van der Waals surface area contributed by atoms with Gasteiger partial charge in [-0.25, -0.2) is 0 Å². The second-order valence-electron chi connectivity index (χ2n) is 9.10. The van der Waals surface area contributed by atoms with E-state index in [1.165, 1.54) is 13.8 Å². The van der Waals surface area contributed by atoms with Gasteiger partial charge < -0.3 is 39.4 Å². The minimum Gasteiger partial charge on any atom is -0.481 e. The van der Waals surface area contributed by atoms with Crippen LogP contribution in [0.2, 0.25) is 0 Å². The van der Waals surface area contributed by atoms with Gasteiger partial charge in [-0.2, -0.15) is 0 Å². The predicted octanol–water partition coefficient (Wildman–Crippen LogP) is 0.591. The van der Waals surface area contributed by atoms with Gasteiger partial charge in [0.2, 0.25) is 11.8 Å². The summed E-state index contributed by atoms with van der Waals surface area (Å²) in [4.78, 5) is 69.5. The molecule has 5 atom stereocenters. The fourth-order valence-corrected chi connectivity index (χ4v) is 3.91. The van der Waals surface area contributed by atoms with Crippen molar-refractivity contribution in [2.24, 2.45) is 0 Å². The summed E-state index contributed by atoms with van der Waals surface area (Å²) < 4.78 is 27.5. The van der Waals surface area contributed by atoms with Gasteiger partial charge in [0.1, 0.15) is 18.8 Å². The van der Waals surface area contributed by atoms with Gasteiger partial charge in [-0.15, -0.1) is 0 Å². The number of amides is 2. The van der Waals surface area contributed by atoms with E-state index >= 15 is 0 Å². The Kier molecular flexibility index (Phi) is 15.7. The molecule has 1 rings (SSSR count). The lowest BCUT2D eigenvalue weighted by molar-refractivity contribution is -0.277. The lowest BCUT2D eigenvalue weighted by atomic mass is 9.96. The van der Waals surface area contributed by atoms with Crippen LogP contribution in [0.1, 0.15) is 72.6 Å². The van der Waals surface area contributed by atoms with Crippen LogP contribution < -0.4 is 10.6 Å². The average Bonchev–Trinajstić information content (AvgIpc) is 2.82. The summed E-state index contributed by atoms with van der Waals surface area (Å²) in [5.41, 5.74) is 0. The van der Waals surface area contributed by atoms with Crippen LogP contribution in [0.15, 0.2) is 0 Å². The third-order valence-corrected chi connectivity index (χ3v) is 5.54. The lowest BCUT2D eigenvalue weighted by Crippen LogP contribution is -2.66. The number of carboxylic acids is 1. The fourth-order valence-electron chi connectivity index (χ4n) is 3.91. The molecule has 0 bridgehead atoms. The van der Waals surface area contributed by atoms with Crippen molar-refractivity contribution in [2.75, 3.05) is 19.8 Å². The summed E-state index contributed by atoms with van der Waals surface area (Å²) in [6.07, 6.45) is -1.33. The van der Waals surface area contributed by atoms with Gasteiger partial charge in [0.15, 0.2) is 18.5 Å². The summed E-state index contributed by atoms with van der Waals surface area (Å²) in [7, 11) is 0. The molecule has 0 radical (unpaired) electrons. The first-order chi connectivity index (χ1) is 18.4. The molecule has 1 aliphatic heterocycles. The van der Waals surface area contributed by atoms with E-state index in [1.54, 1.807) is 0 Å². The largest absolute Gasteiger partial charge is 0.481 e. The third kappa shape index (κ3) is 14.5. The Balaban J connectivity index is 2.73. The molecule has 39 heavy (non-hydrogen) atoms. The lowest BCUT2D eigenvalue weighted by Gasteiger charge is -2.44. The molecule has 0 aromatic heterocycles. The second kappa shape index (κ2) is 18.1. The minimum absolute atomic E-state index is 0.109.